The van der Waals surface area contributed by atoms with Crippen LogP contribution in [0.1, 0.15) is 40.6 Å². The van der Waals surface area contributed by atoms with Crippen LogP contribution in [0.15, 0.2) is 36.7 Å². The molecule has 1 aliphatic rings. The van der Waals surface area contributed by atoms with Crippen molar-refractivity contribution in [3.8, 4) is 0 Å². The van der Waals surface area contributed by atoms with Crippen molar-refractivity contribution in [3.05, 3.63) is 53.6 Å². The van der Waals surface area contributed by atoms with Crippen molar-refractivity contribution in [3.63, 3.8) is 0 Å². The summed E-state index contributed by atoms with van der Waals surface area (Å²) < 4.78 is 2.10. The molecule has 2 N–H and O–H groups in total. The number of rotatable bonds is 4. The number of hydrogen-bond acceptors (Lipinski definition) is 3. The Bertz CT molecular complexity index is 632. The Labute approximate surface area is 124 Å². The van der Waals surface area contributed by atoms with Gasteiger partial charge >= 0.3 is 0 Å². The molecule has 1 aliphatic heterocycles. The van der Waals surface area contributed by atoms with Crippen LogP contribution in [0.4, 0.5) is 0 Å². The first-order valence-corrected chi connectivity index (χ1v) is 7.25. The number of hydrogen-bond donors (Lipinski definition) is 1. The molecule has 0 spiro atoms. The molecule has 0 saturated carbocycles. The molecular formula is C16H20N4O. The van der Waals surface area contributed by atoms with Crippen molar-refractivity contribution in [2.45, 2.75) is 25.4 Å². The second-order valence-corrected chi connectivity index (χ2v) is 5.59. The normalized spacial score (nSPS) is 19.0. The van der Waals surface area contributed by atoms with E-state index in [2.05, 4.69) is 14.5 Å². The van der Waals surface area contributed by atoms with Crippen molar-refractivity contribution in [2.75, 3.05) is 6.54 Å². The third kappa shape index (κ3) is 2.83. The number of carbonyl (C=O) groups is 1. The van der Waals surface area contributed by atoms with E-state index >= 15 is 0 Å². The van der Waals surface area contributed by atoms with E-state index in [-0.39, 0.29) is 5.91 Å². The van der Waals surface area contributed by atoms with Crippen LogP contribution in [0.2, 0.25) is 0 Å². The lowest BCUT2D eigenvalue weighted by molar-refractivity contribution is 0.100. The molecule has 1 saturated heterocycles. The van der Waals surface area contributed by atoms with Crippen molar-refractivity contribution >= 4 is 5.91 Å². The average molecular weight is 284 g/mol. The predicted molar refractivity (Wildman–Crippen MR) is 80.6 cm³/mol. The summed E-state index contributed by atoms with van der Waals surface area (Å²) in [4.78, 5) is 18.0. The number of amides is 1. The Morgan fingerprint density at radius 3 is 2.76 bits per heavy atom. The Morgan fingerprint density at radius 2 is 2.14 bits per heavy atom. The van der Waals surface area contributed by atoms with Crippen LogP contribution in [0.5, 0.6) is 0 Å². The lowest BCUT2D eigenvalue weighted by Crippen LogP contribution is -2.24. The summed E-state index contributed by atoms with van der Waals surface area (Å²) in [5.74, 6) is 0.745. The number of carbonyl (C=O) groups excluding carboxylic acids is 1. The second kappa shape index (κ2) is 5.69. The summed E-state index contributed by atoms with van der Waals surface area (Å²) in [7, 11) is 2.04. The minimum absolute atomic E-state index is 0.376. The van der Waals surface area contributed by atoms with Crippen LogP contribution >= 0.6 is 0 Å². The van der Waals surface area contributed by atoms with Crippen LogP contribution in [0.3, 0.4) is 0 Å². The summed E-state index contributed by atoms with van der Waals surface area (Å²) in [5, 5.41) is 0. The van der Waals surface area contributed by atoms with Gasteiger partial charge in [-0.1, -0.05) is 12.1 Å². The molecule has 1 amide bonds. The molecular weight excluding hydrogens is 264 g/mol. The standard InChI is InChI=1S/C16H20N4O/c1-19-10-8-18-16(19)14-3-2-9-20(14)11-12-4-6-13(7-5-12)15(17)21/h4-8,10,14H,2-3,9,11H2,1H3,(H2,17,21). The lowest BCUT2D eigenvalue weighted by Gasteiger charge is -2.24. The zero-order chi connectivity index (χ0) is 14.8. The minimum Gasteiger partial charge on any atom is -0.366 e. The maximum Gasteiger partial charge on any atom is 0.248 e. The monoisotopic (exact) mass is 284 g/mol. The van der Waals surface area contributed by atoms with Gasteiger partial charge in [-0.05, 0) is 37.1 Å². The molecule has 2 heterocycles. The third-order valence-corrected chi connectivity index (χ3v) is 4.14. The highest BCUT2D eigenvalue weighted by atomic mass is 16.1. The first kappa shape index (κ1) is 13.8. The van der Waals surface area contributed by atoms with Gasteiger partial charge in [-0.25, -0.2) is 4.98 Å². The van der Waals surface area contributed by atoms with Gasteiger partial charge in [0.1, 0.15) is 5.82 Å². The Hall–Kier alpha value is -2.14. The first-order chi connectivity index (χ1) is 10.1. The van der Waals surface area contributed by atoms with Gasteiger partial charge in [0, 0.05) is 31.5 Å². The van der Waals surface area contributed by atoms with E-state index in [4.69, 9.17) is 5.73 Å². The van der Waals surface area contributed by atoms with E-state index in [1.807, 2.05) is 31.6 Å². The molecule has 0 bridgehead atoms. The topological polar surface area (TPSA) is 64.2 Å². The van der Waals surface area contributed by atoms with Crippen LogP contribution in [0.25, 0.3) is 0 Å². The fourth-order valence-corrected chi connectivity index (χ4v) is 3.01. The van der Waals surface area contributed by atoms with E-state index in [9.17, 15) is 4.79 Å². The number of nitrogens with two attached hydrogens (primary N) is 1. The molecule has 3 rings (SSSR count). The molecule has 5 nitrogen and oxygen atoms in total. The SMILES string of the molecule is Cn1ccnc1C1CCCN1Cc1ccc(C(N)=O)cc1. The highest BCUT2D eigenvalue weighted by Crippen LogP contribution is 2.31. The quantitative estimate of drug-likeness (QED) is 0.932. The second-order valence-electron chi connectivity index (χ2n) is 5.59. The molecule has 21 heavy (non-hydrogen) atoms. The summed E-state index contributed by atoms with van der Waals surface area (Å²) in [5.41, 5.74) is 7.02. The zero-order valence-corrected chi connectivity index (χ0v) is 12.2. The number of imidazole rings is 1. The Balaban J connectivity index is 1.74. The molecule has 1 aromatic carbocycles. The number of benzene rings is 1. The highest BCUT2D eigenvalue weighted by molar-refractivity contribution is 5.92. The molecule has 110 valence electrons. The first-order valence-electron chi connectivity index (χ1n) is 7.25. The molecule has 2 aromatic rings. The van der Waals surface area contributed by atoms with Gasteiger partial charge in [-0.2, -0.15) is 0 Å². The number of primary amides is 1. The Kier molecular flexibility index (Phi) is 3.75. The smallest absolute Gasteiger partial charge is 0.248 e. The van der Waals surface area contributed by atoms with E-state index in [1.165, 1.54) is 12.0 Å². The summed E-state index contributed by atoms with van der Waals surface area (Å²) in [6.07, 6.45) is 6.18. The maximum absolute atomic E-state index is 11.1. The van der Waals surface area contributed by atoms with Crippen molar-refractivity contribution in [1.82, 2.24) is 14.5 Å². The zero-order valence-electron chi connectivity index (χ0n) is 12.2. The number of aromatic nitrogens is 2. The fourth-order valence-electron chi connectivity index (χ4n) is 3.01. The maximum atomic E-state index is 11.1. The molecule has 1 unspecified atom stereocenters. The van der Waals surface area contributed by atoms with Gasteiger partial charge in [0.25, 0.3) is 0 Å². The van der Waals surface area contributed by atoms with Crippen molar-refractivity contribution < 1.29 is 4.79 Å². The highest BCUT2D eigenvalue weighted by Gasteiger charge is 2.28. The van der Waals surface area contributed by atoms with E-state index in [1.54, 1.807) is 12.1 Å². The Morgan fingerprint density at radius 1 is 1.38 bits per heavy atom. The predicted octanol–water partition coefficient (Wildman–Crippen LogP) is 1.86. The van der Waals surface area contributed by atoms with E-state index in [0.717, 1.165) is 25.3 Å². The van der Waals surface area contributed by atoms with E-state index in [0.29, 0.717) is 11.6 Å². The van der Waals surface area contributed by atoms with Gasteiger partial charge in [-0.15, -0.1) is 0 Å². The van der Waals surface area contributed by atoms with Crippen LogP contribution < -0.4 is 5.73 Å². The van der Waals surface area contributed by atoms with Gasteiger partial charge in [0.2, 0.25) is 5.91 Å². The molecule has 0 radical (unpaired) electrons. The summed E-state index contributed by atoms with van der Waals surface area (Å²) >= 11 is 0. The van der Waals surface area contributed by atoms with Crippen molar-refractivity contribution in [2.24, 2.45) is 12.8 Å². The molecule has 1 fully saturated rings. The fraction of sp³-hybridized carbons (Fsp3) is 0.375. The molecule has 1 aromatic heterocycles. The van der Waals surface area contributed by atoms with Crippen LogP contribution in [-0.2, 0) is 13.6 Å². The average Bonchev–Trinajstić information content (AvgIpc) is 3.08. The molecule has 1 atom stereocenters. The summed E-state index contributed by atoms with van der Waals surface area (Å²) in [6.45, 7) is 1.95. The van der Waals surface area contributed by atoms with Gasteiger partial charge in [0.15, 0.2) is 0 Å². The van der Waals surface area contributed by atoms with Gasteiger partial charge in [0.05, 0.1) is 6.04 Å². The number of nitrogens with zero attached hydrogens (tertiary/aromatic N) is 3. The van der Waals surface area contributed by atoms with Crippen LogP contribution in [-0.4, -0.2) is 26.9 Å². The lowest BCUT2D eigenvalue weighted by atomic mass is 10.1. The third-order valence-electron chi connectivity index (χ3n) is 4.14. The van der Waals surface area contributed by atoms with E-state index < -0.39 is 0 Å². The van der Waals surface area contributed by atoms with Crippen LogP contribution in [0, 0.1) is 0 Å². The number of likely N-dealkylation sites (tertiary alicyclic amines) is 1. The van der Waals surface area contributed by atoms with Crippen molar-refractivity contribution in [1.29, 1.82) is 0 Å². The largest absolute Gasteiger partial charge is 0.366 e. The minimum atomic E-state index is -0.381. The number of aryl methyl sites for hydroxylation is 1. The summed E-state index contributed by atoms with van der Waals surface area (Å²) in [6, 6.07) is 7.93. The van der Waals surface area contributed by atoms with Gasteiger partial charge in [-0.3, -0.25) is 9.69 Å². The molecule has 0 aliphatic carbocycles. The molecule has 5 heteroatoms. The van der Waals surface area contributed by atoms with Gasteiger partial charge < -0.3 is 10.3 Å².